The van der Waals surface area contributed by atoms with Gasteiger partial charge in [0.05, 0.1) is 0 Å². The second-order valence-electron chi connectivity index (χ2n) is 4.77. The minimum absolute atomic E-state index is 0.0977. The molecule has 0 saturated heterocycles. The molecule has 0 aliphatic rings. The SMILES string of the molecule is CCCCC(CC)C(=O)Nc1cc(CCC)[nH]n1. The molecule has 1 aromatic rings. The maximum absolute atomic E-state index is 12.1. The first kappa shape index (κ1) is 14.7. The van der Waals surface area contributed by atoms with Crippen molar-refractivity contribution in [2.75, 3.05) is 5.32 Å². The molecule has 1 aromatic heterocycles. The number of aromatic nitrogens is 2. The molecule has 0 aromatic carbocycles. The first-order chi connectivity index (χ1) is 8.71. The molecule has 1 amide bonds. The number of aromatic amines is 1. The molecule has 1 atom stereocenters. The van der Waals surface area contributed by atoms with Gasteiger partial charge in [0.2, 0.25) is 5.91 Å². The van der Waals surface area contributed by atoms with Crippen molar-refractivity contribution in [2.24, 2.45) is 5.92 Å². The van der Waals surface area contributed by atoms with Gasteiger partial charge in [-0.15, -0.1) is 0 Å². The molecule has 0 aliphatic carbocycles. The van der Waals surface area contributed by atoms with E-state index in [4.69, 9.17) is 0 Å². The molecule has 0 fully saturated rings. The average molecular weight is 251 g/mol. The first-order valence-electron chi connectivity index (χ1n) is 7.06. The second kappa shape index (κ2) is 7.90. The number of rotatable bonds is 8. The number of hydrogen-bond acceptors (Lipinski definition) is 2. The minimum atomic E-state index is 0.0977. The van der Waals surface area contributed by atoms with Crippen LogP contribution in [0.1, 0.15) is 58.6 Å². The minimum Gasteiger partial charge on any atom is -0.309 e. The van der Waals surface area contributed by atoms with E-state index in [0.717, 1.165) is 44.2 Å². The molecule has 102 valence electrons. The molecule has 2 N–H and O–H groups in total. The number of carbonyl (C=O) groups is 1. The van der Waals surface area contributed by atoms with Crippen molar-refractivity contribution in [3.8, 4) is 0 Å². The molecule has 4 nitrogen and oxygen atoms in total. The number of hydrogen-bond donors (Lipinski definition) is 2. The molecular weight excluding hydrogens is 226 g/mol. The van der Waals surface area contributed by atoms with Crippen LogP contribution in [0.3, 0.4) is 0 Å². The Bertz CT molecular complexity index is 360. The fraction of sp³-hybridized carbons (Fsp3) is 0.714. The number of unbranched alkanes of at least 4 members (excludes halogenated alkanes) is 1. The highest BCUT2D eigenvalue weighted by molar-refractivity contribution is 5.91. The lowest BCUT2D eigenvalue weighted by atomic mass is 9.98. The van der Waals surface area contributed by atoms with Gasteiger partial charge in [-0.3, -0.25) is 9.89 Å². The molecule has 1 rings (SSSR count). The predicted molar refractivity (Wildman–Crippen MR) is 74.5 cm³/mol. The van der Waals surface area contributed by atoms with E-state index in [9.17, 15) is 4.79 Å². The van der Waals surface area contributed by atoms with E-state index in [1.54, 1.807) is 0 Å². The number of amides is 1. The molecule has 0 aliphatic heterocycles. The number of nitrogens with zero attached hydrogens (tertiary/aromatic N) is 1. The standard InChI is InChI=1S/C14H25N3O/c1-4-7-9-11(6-3)14(18)15-13-10-12(8-5-2)16-17-13/h10-11H,4-9H2,1-3H3,(H2,15,16,17,18). The third kappa shape index (κ3) is 4.51. The van der Waals surface area contributed by atoms with Crippen molar-refractivity contribution >= 4 is 11.7 Å². The van der Waals surface area contributed by atoms with Gasteiger partial charge in [-0.25, -0.2) is 0 Å². The summed E-state index contributed by atoms with van der Waals surface area (Å²) in [7, 11) is 0. The highest BCUT2D eigenvalue weighted by Gasteiger charge is 2.16. The van der Waals surface area contributed by atoms with Gasteiger partial charge in [0.1, 0.15) is 0 Å². The van der Waals surface area contributed by atoms with Crippen molar-refractivity contribution in [1.29, 1.82) is 0 Å². The van der Waals surface area contributed by atoms with Gasteiger partial charge in [-0.05, 0) is 19.3 Å². The van der Waals surface area contributed by atoms with Gasteiger partial charge < -0.3 is 5.32 Å². The Morgan fingerprint density at radius 1 is 1.39 bits per heavy atom. The zero-order valence-corrected chi connectivity index (χ0v) is 11.8. The maximum atomic E-state index is 12.1. The van der Waals surface area contributed by atoms with Crippen molar-refractivity contribution in [3.05, 3.63) is 11.8 Å². The summed E-state index contributed by atoms with van der Waals surface area (Å²) in [5.74, 6) is 0.857. The van der Waals surface area contributed by atoms with Crippen LogP contribution in [-0.2, 0) is 11.2 Å². The Morgan fingerprint density at radius 3 is 2.78 bits per heavy atom. The molecule has 0 bridgehead atoms. The van der Waals surface area contributed by atoms with Gasteiger partial charge in [-0.2, -0.15) is 5.10 Å². The van der Waals surface area contributed by atoms with Crippen molar-refractivity contribution in [2.45, 2.75) is 59.3 Å². The normalized spacial score (nSPS) is 12.4. The number of aryl methyl sites for hydroxylation is 1. The fourth-order valence-corrected chi connectivity index (χ4v) is 2.02. The second-order valence-corrected chi connectivity index (χ2v) is 4.77. The lowest BCUT2D eigenvalue weighted by molar-refractivity contribution is -0.120. The molecule has 1 unspecified atom stereocenters. The Morgan fingerprint density at radius 2 is 2.17 bits per heavy atom. The van der Waals surface area contributed by atoms with Crippen LogP contribution >= 0.6 is 0 Å². The predicted octanol–water partition coefficient (Wildman–Crippen LogP) is 3.52. The van der Waals surface area contributed by atoms with E-state index in [2.05, 4.69) is 36.3 Å². The van der Waals surface area contributed by atoms with Crippen LogP contribution in [0.25, 0.3) is 0 Å². The quantitative estimate of drug-likeness (QED) is 0.742. The first-order valence-corrected chi connectivity index (χ1v) is 7.06. The summed E-state index contributed by atoms with van der Waals surface area (Å²) in [4.78, 5) is 12.1. The molecule has 18 heavy (non-hydrogen) atoms. The molecule has 0 radical (unpaired) electrons. The molecule has 0 saturated carbocycles. The van der Waals surface area contributed by atoms with Crippen LogP contribution in [-0.4, -0.2) is 16.1 Å². The summed E-state index contributed by atoms with van der Waals surface area (Å²) < 4.78 is 0. The van der Waals surface area contributed by atoms with Crippen LogP contribution in [0.5, 0.6) is 0 Å². The Labute approximate surface area is 110 Å². The molecule has 4 heteroatoms. The summed E-state index contributed by atoms with van der Waals surface area (Å²) >= 11 is 0. The number of carbonyl (C=O) groups excluding carboxylic acids is 1. The smallest absolute Gasteiger partial charge is 0.228 e. The highest BCUT2D eigenvalue weighted by Crippen LogP contribution is 2.15. The van der Waals surface area contributed by atoms with Crippen molar-refractivity contribution in [1.82, 2.24) is 10.2 Å². The monoisotopic (exact) mass is 251 g/mol. The zero-order valence-electron chi connectivity index (χ0n) is 11.8. The molecular formula is C14H25N3O. The Kier molecular flexibility index (Phi) is 6.47. The van der Waals surface area contributed by atoms with Gasteiger partial charge in [0.25, 0.3) is 0 Å². The number of anilines is 1. The summed E-state index contributed by atoms with van der Waals surface area (Å²) in [6, 6.07) is 1.92. The Hall–Kier alpha value is -1.32. The van der Waals surface area contributed by atoms with Crippen LogP contribution in [0.4, 0.5) is 5.82 Å². The van der Waals surface area contributed by atoms with Gasteiger partial charge in [0.15, 0.2) is 5.82 Å². The van der Waals surface area contributed by atoms with Crippen molar-refractivity contribution in [3.63, 3.8) is 0 Å². The van der Waals surface area contributed by atoms with E-state index in [1.165, 1.54) is 0 Å². The van der Waals surface area contributed by atoms with E-state index in [-0.39, 0.29) is 11.8 Å². The maximum Gasteiger partial charge on any atom is 0.228 e. The fourth-order valence-electron chi connectivity index (χ4n) is 2.02. The van der Waals surface area contributed by atoms with Gasteiger partial charge >= 0.3 is 0 Å². The summed E-state index contributed by atoms with van der Waals surface area (Å²) in [5.41, 5.74) is 1.08. The lowest BCUT2D eigenvalue weighted by Crippen LogP contribution is -2.22. The van der Waals surface area contributed by atoms with E-state index < -0.39 is 0 Å². The summed E-state index contributed by atoms with van der Waals surface area (Å²) in [6.45, 7) is 6.33. The van der Waals surface area contributed by atoms with Crippen LogP contribution in [0.2, 0.25) is 0 Å². The van der Waals surface area contributed by atoms with Crippen LogP contribution in [0.15, 0.2) is 6.07 Å². The van der Waals surface area contributed by atoms with Crippen LogP contribution < -0.4 is 5.32 Å². The number of H-pyrrole nitrogens is 1. The third-order valence-corrected chi connectivity index (χ3v) is 3.17. The highest BCUT2D eigenvalue weighted by atomic mass is 16.1. The largest absolute Gasteiger partial charge is 0.309 e. The Balaban J connectivity index is 2.50. The van der Waals surface area contributed by atoms with Gasteiger partial charge in [0, 0.05) is 17.7 Å². The third-order valence-electron chi connectivity index (χ3n) is 3.17. The van der Waals surface area contributed by atoms with Crippen molar-refractivity contribution < 1.29 is 4.79 Å². The molecule has 0 spiro atoms. The number of nitrogens with one attached hydrogen (secondary N) is 2. The van der Waals surface area contributed by atoms with E-state index in [1.807, 2.05) is 6.07 Å². The summed E-state index contributed by atoms with van der Waals surface area (Å²) in [5, 5.41) is 9.96. The van der Waals surface area contributed by atoms with Crippen LogP contribution in [0, 0.1) is 5.92 Å². The lowest BCUT2D eigenvalue weighted by Gasteiger charge is -2.12. The van der Waals surface area contributed by atoms with E-state index in [0.29, 0.717) is 5.82 Å². The van der Waals surface area contributed by atoms with E-state index >= 15 is 0 Å². The summed E-state index contributed by atoms with van der Waals surface area (Å²) in [6.07, 6.45) is 6.13. The molecule has 1 heterocycles. The van der Waals surface area contributed by atoms with Gasteiger partial charge in [-0.1, -0.05) is 40.0 Å². The zero-order chi connectivity index (χ0) is 13.4. The topological polar surface area (TPSA) is 57.8 Å². The average Bonchev–Trinajstić information content (AvgIpc) is 2.78.